The molecule has 0 saturated heterocycles. The molecule has 1 rings (SSSR count). The van der Waals surface area contributed by atoms with Gasteiger partial charge in [-0.15, -0.1) is 0 Å². The van der Waals surface area contributed by atoms with Crippen molar-refractivity contribution in [2.24, 2.45) is 0 Å². The van der Waals surface area contributed by atoms with E-state index < -0.39 is 0 Å². The van der Waals surface area contributed by atoms with Gasteiger partial charge < -0.3 is 6.16 Å². The normalized spacial score (nSPS) is 8.93. The fourth-order valence-electron chi connectivity index (χ4n) is 0.967. The zero-order valence-electron chi connectivity index (χ0n) is 9.82. The number of ether oxygens (including phenoxy) is 1. The van der Waals surface area contributed by atoms with Gasteiger partial charge in [0.15, 0.2) is 0 Å². The fraction of sp³-hybridized carbons (Fsp3) is 0.364. The van der Waals surface area contributed by atoms with Crippen molar-refractivity contribution in [1.82, 2.24) is 0 Å². The van der Waals surface area contributed by atoms with Gasteiger partial charge >= 0.3 is 35.5 Å². The molecule has 0 saturated carbocycles. The van der Waals surface area contributed by atoms with E-state index in [-0.39, 0.29) is 37.0 Å². The van der Waals surface area contributed by atoms with Crippen LogP contribution < -0.4 is 29.6 Å². The smallest absolute Gasteiger partial charge is 1.00 e. The Hall–Kier alpha value is -0.310. The van der Waals surface area contributed by atoms with E-state index in [4.69, 9.17) is 4.74 Å². The third kappa shape index (κ3) is 4.80. The minimum atomic E-state index is -0.228. The summed E-state index contributed by atoms with van der Waals surface area (Å²) in [5.74, 6) is -0.228. The summed E-state index contributed by atoms with van der Waals surface area (Å²) < 4.78 is 5.03. The van der Waals surface area contributed by atoms with Gasteiger partial charge in [0.2, 0.25) is 0 Å². The molecule has 0 amide bonds. The summed E-state index contributed by atoms with van der Waals surface area (Å²) in [5.41, 5.74) is 0.624. The van der Waals surface area contributed by atoms with Gasteiger partial charge in [0.25, 0.3) is 0 Å². The zero-order chi connectivity index (χ0) is 9.52. The largest absolute Gasteiger partial charge is 1.00 e. The monoisotopic (exact) mass is 202 g/mol. The van der Waals surface area contributed by atoms with E-state index in [1.807, 2.05) is 18.2 Å². The summed E-state index contributed by atoms with van der Waals surface area (Å²) in [6, 6.07) is 9.05. The molecule has 0 unspecified atom stereocenters. The van der Waals surface area contributed by atoms with Crippen LogP contribution in [0.25, 0.3) is 0 Å². The predicted molar refractivity (Wildman–Crippen MR) is 52.7 cm³/mol. The first kappa shape index (κ1) is 13.7. The van der Waals surface area contributed by atoms with Crippen LogP contribution in [0.15, 0.2) is 30.3 Å². The van der Waals surface area contributed by atoms with Gasteiger partial charge in [-0.3, -0.25) is 0 Å². The summed E-state index contributed by atoms with van der Waals surface area (Å²) in [7, 11) is 0. The zero-order valence-corrected chi connectivity index (χ0v) is 10.8. The molecule has 0 fully saturated rings. The number of carbonyl (C=O) groups is 1. The van der Waals surface area contributed by atoms with Crippen molar-refractivity contribution in [2.45, 2.75) is 19.8 Å². The molecule has 0 aliphatic carbocycles. The number of unbranched alkanes of at least 4 members (excludes halogenated alkanes) is 1. The van der Waals surface area contributed by atoms with Gasteiger partial charge in [-0.05, 0) is 18.6 Å². The van der Waals surface area contributed by atoms with Gasteiger partial charge in [0.05, 0.1) is 12.2 Å². The molecular formula is C11H15NaO2. The fourth-order valence-corrected chi connectivity index (χ4v) is 0.967. The van der Waals surface area contributed by atoms with Gasteiger partial charge in [-0.25, -0.2) is 4.79 Å². The topological polar surface area (TPSA) is 26.3 Å². The maximum Gasteiger partial charge on any atom is 1.00 e. The van der Waals surface area contributed by atoms with Crippen LogP contribution in [0, 0.1) is 0 Å². The summed E-state index contributed by atoms with van der Waals surface area (Å²) in [6.07, 6.45) is 1.97. The molecule has 14 heavy (non-hydrogen) atoms. The first-order chi connectivity index (χ1) is 6.34. The molecule has 0 heterocycles. The molecule has 1 aromatic rings. The average Bonchev–Trinajstić information content (AvgIpc) is 2.19. The van der Waals surface area contributed by atoms with Crippen LogP contribution >= 0.6 is 0 Å². The summed E-state index contributed by atoms with van der Waals surface area (Å²) in [4.78, 5) is 11.3. The van der Waals surface area contributed by atoms with Crippen LogP contribution in [0.1, 0.15) is 31.6 Å². The van der Waals surface area contributed by atoms with E-state index in [0.29, 0.717) is 12.2 Å². The Labute approximate surface area is 108 Å². The van der Waals surface area contributed by atoms with E-state index >= 15 is 0 Å². The molecule has 0 aromatic heterocycles. The minimum absolute atomic E-state index is 0. The van der Waals surface area contributed by atoms with E-state index in [2.05, 4.69) is 6.92 Å². The van der Waals surface area contributed by atoms with E-state index in [9.17, 15) is 4.79 Å². The van der Waals surface area contributed by atoms with Crippen molar-refractivity contribution in [3.8, 4) is 0 Å². The molecule has 0 aliphatic rings. The second kappa shape index (κ2) is 8.04. The standard InChI is InChI=1S/C11H14O2.Na.H/c1-2-3-9-13-11(12)10-7-5-4-6-8-10;;/h4-8H,2-3,9H2,1H3;;/q;+1;-1. The van der Waals surface area contributed by atoms with Crippen LogP contribution in [-0.4, -0.2) is 12.6 Å². The molecule has 0 aliphatic heterocycles. The Bertz CT molecular complexity index is 265. The number of hydrogen-bond donors (Lipinski definition) is 0. The Morgan fingerprint density at radius 1 is 1.36 bits per heavy atom. The second-order valence-electron chi connectivity index (χ2n) is 2.86. The van der Waals surface area contributed by atoms with E-state index in [1.54, 1.807) is 12.1 Å². The van der Waals surface area contributed by atoms with E-state index in [1.165, 1.54) is 0 Å². The number of esters is 1. The van der Waals surface area contributed by atoms with Crippen molar-refractivity contribution in [2.75, 3.05) is 6.61 Å². The Balaban J connectivity index is 0. The van der Waals surface area contributed by atoms with Crippen LogP contribution in [0.4, 0.5) is 0 Å². The summed E-state index contributed by atoms with van der Waals surface area (Å²) in [6.45, 7) is 2.58. The van der Waals surface area contributed by atoms with Crippen LogP contribution in [0.5, 0.6) is 0 Å². The summed E-state index contributed by atoms with van der Waals surface area (Å²) in [5, 5.41) is 0. The number of benzene rings is 1. The average molecular weight is 202 g/mol. The van der Waals surface area contributed by atoms with Crippen molar-refractivity contribution >= 4 is 5.97 Å². The maximum atomic E-state index is 11.3. The van der Waals surface area contributed by atoms with Crippen molar-refractivity contribution in [3.63, 3.8) is 0 Å². The first-order valence-electron chi connectivity index (χ1n) is 4.56. The minimum Gasteiger partial charge on any atom is -1.00 e. The number of rotatable bonds is 4. The predicted octanol–water partition coefficient (Wildman–Crippen LogP) is -0.240. The SMILES string of the molecule is CCCCOC(=O)c1ccccc1.[H-].[Na+]. The van der Waals surface area contributed by atoms with Crippen molar-refractivity contribution in [3.05, 3.63) is 35.9 Å². The molecule has 72 valence electrons. The van der Waals surface area contributed by atoms with Crippen LogP contribution in [0.2, 0.25) is 0 Å². The number of carbonyl (C=O) groups excluding carboxylic acids is 1. The molecule has 2 nitrogen and oxygen atoms in total. The molecular weight excluding hydrogens is 187 g/mol. The second-order valence-corrected chi connectivity index (χ2v) is 2.86. The summed E-state index contributed by atoms with van der Waals surface area (Å²) >= 11 is 0. The third-order valence-corrected chi connectivity index (χ3v) is 1.74. The Morgan fingerprint density at radius 3 is 2.57 bits per heavy atom. The Morgan fingerprint density at radius 2 is 2.00 bits per heavy atom. The van der Waals surface area contributed by atoms with Gasteiger partial charge in [-0.1, -0.05) is 31.5 Å². The van der Waals surface area contributed by atoms with Gasteiger partial charge in [0.1, 0.15) is 0 Å². The molecule has 3 heteroatoms. The molecule has 0 spiro atoms. The number of hydrogen-bond acceptors (Lipinski definition) is 2. The molecule has 1 aromatic carbocycles. The van der Waals surface area contributed by atoms with Crippen LogP contribution in [-0.2, 0) is 4.74 Å². The van der Waals surface area contributed by atoms with Crippen molar-refractivity contribution < 1.29 is 40.5 Å². The molecule has 0 radical (unpaired) electrons. The third-order valence-electron chi connectivity index (χ3n) is 1.74. The van der Waals surface area contributed by atoms with E-state index in [0.717, 1.165) is 12.8 Å². The van der Waals surface area contributed by atoms with Gasteiger partial charge in [0, 0.05) is 0 Å². The van der Waals surface area contributed by atoms with Crippen LogP contribution in [0.3, 0.4) is 0 Å². The van der Waals surface area contributed by atoms with Gasteiger partial charge in [-0.2, -0.15) is 0 Å². The quantitative estimate of drug-likeness (QED) is 0.383. The molecule has 0 atom stereocenters. The maximum absolute atomic E-state index is 11.3. The molecule has 0 N–H and O–H groups in total. The Kier molecular flexibility index (Phi) is 7.86. The first-order valence-corrected chi connectivity index (χ1v) is 4.56. The molecule has 0 bridgehead atoms. The van der Waals surface area contributed by atoms with Crippen molar-refractivity contribution in [1.29, 1.82) is 0 Å².